The second kappa shape index (κ2) is 17.2. The van der Waals surface area contributed by atoms with E-state index in [2.05, 4.69) is 5.32 Å². The molecule has 1 fully saturated rings. The third kappa shape index (κ3) is 9.16. The number of carbonyl (C=O) groups excluding carboxylic acids is 1. The van der Waals surface area contributed by atoms with E-state index < -0.39 is 42.7 Å². The van der Waals surface area contributed by atoms with E-state index in [0.717, 1.165) is 16.7 Å². The normalized spacial score (nSPS) is 21.8. The maximum atomic E-state index is 13.6. The molecule has 4 aromatic rings. The van der Waals surface area contributed by atoms with Crippen molar-refractivity contribution in [3.05, 3.63) is 137 Å². The number of nitrogens with one attached hydrogen (secondary N) is 1. The molecule has 1 aliphatic heterocycles. The Kier molecular flexibility index (Phi) is 12.6. The molecule has 1 saturated heterocycles. The fourth-order valence-electron chi connectivity index (χ4n) is 5.38. The number of ether oxygens (including phenoxy) is 6. The largest absolute Gasteiger partial charge is 0.464 e. The Labute approximate surface area is 275 Å². The van der Waals surface area contributed by atoms with E-state index in [1.165, 1.54) is 0 Å². The fraction of sp³-hybridized carbons (Fsp3) is 0.324. The van der Waals surface area contributed by atoms with Crippen LogP contribution in [0.2, 0.25) is 5.02 Å². The highest BCUT2D eigenvalue weighted by Crippen LogP contribution is 2.33. The number of rotatable bonds is 15. The number of anilines is 1. The second-order valence-corrected chi connectivity index (χ2v) is 11.3. The molecule has 46 heavy (non-hydrogen) atoms. The fourth-order valence-corrected chi connectivity index (χ4v) is 5.51. The lowest BCUT2D eigenvalue weighted by Crippen LogP contribution is -2.65. The lowest BCUT2D eigenvalue weighted by atomic mass is 9.92. The quantitative estimate of drug-likeness (QED) is 0.141. The van der Waals surface area contributed by atoms with E-state index >= 15 is 0 Å². The topological polar surface area (TPSA) is 84.5 Å². The molecule has 1 unspecified atom stereocenters. The van der Waals surface area contributed by atoms with Crippen molar-refractivity contribution in [2.75, 3.05) is 19.0 Å². The number of methoxy groups -OCH3 is 1. The Hall–Kier alpha value is -3.76. The number of hydrogen-bond donors (Lipinski definition) is 1. The van der Waals surface area contributed by atoms with Gasteiger partial charge in [-0.2, -0.15) is 0 Å². The van der Waals surface area contributed by atoms with Gasteiger partial charge < -0.3 is 33.7 Å². The van der Waals surface area contributed by atoms with E-state index in [1.54, 1.807) is 38.3 Å². The smallest absolute Gasteiger partial charge is 0.331 e. The van der Waals surface area contributed by atoms with Gasteiger partial charge in [0, 0.05) is 17.8 Å². The molecule has 8 nitrogen and oxygen atoms in total. The first-order chi connectivity index (χ1) is 22.6. The first-order valence-electron chi connectivity index (χ1n) is 15.4. The molecule has 0 radical (unpaired) electrons. The third-order valence-electron chi connectivity index (χ3n) is 7.65. The van der Waals surface area contributed by atoms with Gasteiger partial charge in [0.2, 0.25) is 0 Å². The Morgan fingerprint density at radius 3 is 1.67 bits per heavy atom. The zero-order valence-corrected chi connectivity index (χ0v) is 26.8. The highest BCUT2D eigenvalue weighted by molar-refractivity contribution is 6.30. The summed E-state index contributed by atoms with van der Waals surface area (Å²) in [5, 5.41) is 3.88. The molecule has 1 N–H and O–H groups in total. The summed E-state index contributed by atoms with van der Waals surface area (Å²) in [5.41, 5.74) is 3.57. The molecule has 9 heteroatoms. The molecule has 242 valence electrons. The number of carbonyl (C=O) groups is 1. The van der Waals surface area contributed by atoms with Crippen LogP contribution in [0.15, 0.2) is 115 Å². The lowest BCUT2D eigenvalue weighted by molar-refractivity contribution is -0.319. The van der Waals surface area contributed by atoms with Gasteiger partial charge in [-0.15, -0.1) is 0 Å². The molecule has 0 spiro atoms. The molecule has 1 heterocycles. The van der Waals surface area contributed by atoms with Crippen molar-refractivity contribution in [3.8, 4) is 0 Å². The predicted molar refractivity (Wildman–Crippen MR) is 176 cm³/mol. The summed E-state index contributed by atoms with van der Waals surface area (Å²) in [6, 6.07) is 35.6. The number of hydrogen-bond acceptors (Lipinski definition) is 8. The molecule has 0 amide bonds. The highest BCUT2D eigenvalue weighted by atomic mass is 35.5. The maximum Gasteiger partial charge on any atom is 0.331 e. The Balaban J connectivity index is 1.52. The summed E-state index contributed by atoms with van der Waals surface area (Å²) in [6.07, 6.45) is -3.99. The summed E-state index contributed by atoms with van der Waals surface area (Å²) in [7, 11) is 1.55. The van der Waals surface area contributed by atoms with E-state index in [4.69, 9.17) is 40.0 Å². The van der Waals surface area contributed by atoms with Crippen LogP contribution in [0.25, 0.3) is 0 Å². The van der Waals surface area contributed by atoms with Gasteiger partial charge >= 0.3 is 5.97 Å². The lowest BCUT2D eigenvalue weighted by Gasteiger charge is -2.47. The number of halogens is 1. The molecule has 6 atom stereocenters. The van der Waals surface area contributed by atoms with Crippen molar-refractivity contribution in [1.82, 2.24) is 0 Å². The van der Waals surface area contributed by atoms with Gasteiger partial charge in [0.15, 0.2) is 12.3 Å². The Morgan fingerprint density at radius 1 is 0.717 bits per heavy atom. The molecule has 0 aliphatic carbocycles. The zero-order valence-electron chi connectivity index (χ0n) is 26.0. The van der Waals surface area contributed by atoms with E-state index in [-0.39, 0.29) is 19.8 Å². The molecular weight excluding hydrogens is 606 g/mol. The predicted octanol–water partition coefficient (Wildman–Crippen LogP) is 6.81. The van der Waals surface area contributed by atoms with Crippen LogP contribution in [-0.4, -0.2) is 56.4 Å². The molecule has 0 aromatic heterocycles. The van der Waals surface area contributed by atoms with Gasteiger partial charge in [0.1, 0.15) is 24.4 Å². The van der Waals surface area contributed by atoms with Crippen LogP contribution < -0.4 is 5.32 Å². The average Bonchev–Trinajstić information content (AvgIpc) is 3.10. The van der Waals surface area contributed by atoms with Crippen LogP contribution in [-0.2, 0) is 53.0 Å². The maximum absolute atomic E-state index is 13.6. The molecule has 1 aliphatic rings. The molecule has 0 saturated carbocycles. The minimum absolute atomic E-state index is 0.185. The summed E-state index contributed by atoms with van der Waals surface area (Å²) in [6.45, 7) is 2.76. The van der Waals surface area contributed by atoms with Crippen molar-refractivity contribution in [2.24, 2.45) is 0 Å². The first kappa shape index (κ1) is 33.6. The van der Waals surface area contributed by atoms with Gasteiger partial charge in [0.05, 0.1) is 26.4 Å². The first-order valence-corrected chi connectivity index (χ1v) is 15.8. The van der Waals surface area contributed by atoms with Gasteiger partial charge in [-0.1, -0.05) is 103 Å². The van der Waals surface area contributed by atoms with E-state index in [0.29, 0.717) is 17.3 Å². The van der Waals surface area contributed by atoms with Crippen LogP contribution in [0, 0.1) is 0 Å². The van der Waals surface area contributed by atoms with Crippen LogP contribution >= 0.6 is 11.6 Å². The summed E-state index contributed by atoms with van der Waals surface area (Å²) < 4.78 is 37.9. The molecule has 0 bridgehead atoms. The third-order valence-corrected chi connectivity index (χ3v) is 7.91. The van der Waals surface area contributed by atoms with Crippen molar-refractivity contribution < 1.29 is 33.2 Å². The molecule has 5 rings (SSSR count). The van der Waals surface area contributed by atoms with Crippen LogP contribution in [0.5, 0.6) is 0 Å². The van der Waals surface area contributed by atoms with Gasteiger partial charge in [0.25, 0.3) is 0 Å². The van der Waals surface area contributed by atoms with Gasteiger partial charge in [-0.25, -0.2) is 4.79 Å². The number of esters is 1. The van der Waals surface area contributed by atoms with E-state index in [9.17, 15) is 4.79 Å². The highest BCUT2D eigenvalue weighted by Gasteiger charge is 2.53. The molecule has 4 aromatic carbocycles. The standard InChI is InChI=1S/C37H40ClNO7/c1-3-42-36(40)31(39-30-21-19-29(38)20-22-30)32-33(43-23-26-13-7-4-8-14-26)34(44-24-27-15-9-5-10-16-27)35(37(41-2)46-32)45-25-28-17-11-6-12-18-28/h4-22,31-35,37,39H,3,23-25H2,1-2H3/t31?,32-,33-,34+,35-,37+/m1/s1. The van der Waals surface area contributed by atoms with E-state index in [1.807, 2.05) is 91.0 Å². The monoisotopic (exact) mass is 645 g/mol. The van der Waals surface area contributed by atoms with Crippen molar-refractivity contribution in [1.29, 1.82) is 0 Å². The van der Waals surface area contributed by atoms with Crippen LogP contribution in [0.3, 0.4) is 0 Å². The second-order valence-electron chi connectivity index (χ2n) is 10.9. The molecular formula is C37H40ClNO7. The Bertz CT molecular complexity index is 1460. The Morgan fingerprint density at radius 2 is 1.20 bits per heavy atom. The van der Waals surface area contributed by atoms with Crippen molar-refractivity contribution >= 4 is 23.3 Å². The SMILES string of the molecule is CCOC(=O)C(Nc1ccc(Cl)cc1)[C@H]1O[C@H](OC)[C@H](OCc2ccccc2)[C@@H](OCc2ccccc2)[C@@H]1OCc1ccccc1. The minimum Gasteiger partial charge on any atom is -0.464 e. The number of benzene rings is 4. The van der Waals surface area contributed by atoms with Crippen LogP contribution in [0.4, 0.5) is 5.69 Å². The summed E-state index contributed by atoms with van der Waals surface area (Å²) in [4.78, 5) is 13.6. The van der Waals surface area contributed by atoms with Crippen molar-refractivity contribution in [3.63, 3.8) is 0 Å². The average molecular weight is 646 g/mol. The van der Waals surface area contributed by atoms with Crippen LogP contribution in [0.1, 0.15) is 23.6 Å². The minimum atomic E-state index is -0.988. The zero-order chi connectivity index (χ0) is 32.1. The summed E-state index contributed by atoms with van der Waals surface area (Å²) >= 11 is 6.15. The van der Waals surface area contributed by atoms with Gasteiger partial charge in [-0.05, 0) is 47.9 Å². The summed E-state index contributed by atoms with van der Waals surface area (Å²) in [5.74, 6) is -0.504. The van der Waals surface area contributed by atoms with Crippen molar-refractivity contribution in [2.45, 2.75) is 63.5 Å². The van der Waals surface area contributed by atoms with Gasteiger partial charge in [-0.3, -0.25) is 0 Å².